The van der Waals surface area contributed by atoms with E-state index in [1.165, 1.54) is 19.3 Å². The van der Waals surface area contributed by atoms with Crippen LogP contribution in [0.15, 0.2) is 23.1 Å². The summed E-state index contributed by atoms with van der Waals surface area (Å²) in [5.41, 5.74) is 1.86. The van der Waals surface area contributed by atoms with Gasteiger partial charge in [-0.3, -0.25) is 4.79 Å². The van der Waals surface area contributed by atoms with Gasteiger partial charge in [-0.15, -0.1) is 12.6 Å². The Morgan fingerprint density at radius 1 is 1.35 bits per heavy atom. The number of carbonyl (C=O) groups is 1. The van der Waals surface area contributed by atoms with Crippen molar-refractivity contribution in [1.82, 2.24) is 4.90 Å². The van der Waals surface area contributed by atoms with Gasteiger partial charge in [0.1, 0.15) is 0 Å². The maximum atomic E-state index is 12.7. The summed E-state index contributed by atoms with van der Waals surface area (Å²) in [6.07, 6.45) is 6.10. The number of likely N-dealkylation sites (tertiary alicyclic amines) is 1. The minimum absolute atomic E-state index is 0.176. The van der Waals surface area contributed by atoms with E-state index in [0.29, 0.717) is 0 Å². The molecular formula is C17H25NOS. The lowest BCUT2D eigenvalue weighted by Gasteiger charge is -2.22. The monoisotopic (exact) mass is 291 g/mol. The minimum Gasteiger partial charge on any atom is -0.339 e. The highest BCUT2D eigenvalue weighted by molar-refractivity contribution is 7.80. The van der Waals surface area contributed by atoms with Crippen LogP contribution in [0, 0.1) is 12.8 Å². The van der Waals surface area contributed by atoms with Crippen LogP contribution in [0.25, 0.3) is 0 Å². The lowest BCUT2D eigenvalue weighted by Crippen LogP contribution is -2.32. The fourth-order valence-corrected chi connectivity index (χ4v) is 3.28. The topological polar surface area (TPSA) is 20.3 Å². The number of thiol groups is 1. The molecule has 0 radical (unpaired) electrons. The van der Waals surface area contributed by atoms with Crippen molar-refractivity contribution in [1.29, 1.82) is 0 Å². The summed E-state index contributed by atoms with van der Waals surface area (Å²) < 4.78 is 0. The van der Waals surface area contributed by atoms with Gasteiger partial charge in [0.2, 0.25) is 0 Å². The zero-order chi connectivity index (χ0) is 14.5. The molecule has 1 aliphatic rings. The van der Waals surface area contributed by atoms with Gasteiger partial charge in [0.25, 0.3) is 5.91 Å². The highest BCUT2D eigenvalue weighted by Gasteiger charge is 2.22. The minimum atomic E-state index is 0.176. The van der Waals surface area contributed by atoms with Gasteiger partial charge in [0.15, 0.2) is 0 Å². The largest absolute Gasteiger partial charge is 0.339 e. The Labute approximate surface area is 128 Å². The zero-order valence-corrected chi connectivity index (χ0v) is 13.5. The maximum Gasteiger partial charge on any atom is 0.254 e. The molecule has 1 amide bonds. The van der Waals surface area contributed by atoms with Crippen molar-refractivity contribution < 1.29 is 4.79 Å². The lowest BCUT2D eigenvalue weighted by molar-refractivity contribution is 0.0759. The second-order valence-electron chi connectivity index (χ2n) is 5.88. The quantitative estimate of drug-likeness (QED) is 0.822. The van der Waals surface area contributed by atoms with Gasteiger partial charge in [0, 0.05) is 23.5 Å². The Balaban J connectivity index is 2.07. The number of amides is 1. The Morgan fingerprint density at radius 3 is 2.90 bits per heavy atom. The Kier molecular flexibility index (Phi) is 5.53. The van der Waals surface area contributed by atoms with Crippen molar-refractivity contribution in [2.75, 3.05) is 13.1 Å². The normalized spacial score (nSPS) is 19.8. The van der Waals surface area contributed by atoms with Crippen LogP contribution >= 0.6 is 12.6 Å². The van der Waals surface area contributed by atoms with Gasteiger partial charge < -0.3 is 4.90 Å². The van der Waals surface area contributed by atoms with Gasteiger partial charge in [-0.2, -0.15) is 0 Å². The number of rotatable bonds is 3. The van der Waals surface area contributed by atoms with Crippen molar-refractivity contribution in [3.8, 4) is 0 Å². The number of nitrogens with zero attached hydrogens (tertiary/aromatic N) is 1. The molecule has 0 bridgehead atoms. The Bertz CT molecular complexity index is 472. The molecule has 0 aromatic heterocycles. The van der Waals surface area contributed by atoms with E-state index >= 15 is 0 Å². The molecule has 1 unspecified atom stereocenters. The highest BCUT2D eigenvalue weighted by Crippen LogP contribution is 2.24. The number of hydrogen-bond donors (Lipinski definition) is 1. The van der Waals surface area contributed by atoms with Gasteiger partial charge in [-0.1, -0.05) is 25.8 Å². The highest BCUT2D eigenvalue weighted by atomic mass is 32.1. The van der Waals surface area contributed by atoms with E-state index in [9.17, 15) is 4.79 Å². The maximum absolute atomic E-state index is 12.7. The summed E-state index contributed by atoms with van der Waals surface area (Å²) in [6.45, 7) is 6.04. The summed E-state index contributed by atoms with van der Waals surface area (Å²) in [5.74, 6) is 0.977. The number of carbonyl (C=O) groups excluding carboxylic acids is 1. The summed E-state index contributed by atoms with van der Waals surface area (Å²) in [5, 5.41) is 0. The molecule has 1 atom stereocenters. The average molecular weight is 291 g/mol. The molecule has 1 aliphatic heterocycles. The first-order valence-corrected chi connectivity index (χ1v) is 8.15. The predicted molar refractivity (Wildman–Crippen MR) is 86.6 cm³/mol. The van der Waals surface area contributed by atoms with Crippen LogP contribution in [0.2, 0.25) is 0 Å². The van der Waals surface area contributed by atoms with E-state index in [-0.39, 0.29) is 5.91 Å². The fraction of sp³-hybridized carbons (Fsp3) is 0.588. The summed E-state index contributed by atoms with van der Waals surface area (Å²) in [7, 11) is 0. The third kappa shape index (κ3) is 3.78. The van der Waals surface area contributed by atoms with Gasteiger partial charge in [-0.05, 0) is 49.8 Å². The Hall–Kier alpha value is -0.960. The molecule has 1 saturated heterocycles. The predicted octanol–water partition coefficient (Wildman–Crippen LogP) is 4.33. The molecule has 0 spiro atoms. The van der Waals surface area contributed by atoms with E-state index in [2.05, 4.69) is 19.6 Å². The lowest BCUT2D eigenvalue weighted by atomic mass is 9.96. The van der Waals surface area contributed by atoms with Crippen LogP contribution in [0.4, 0.5) is 0 Å². The summed E-state index contributed by atoms with van der Waals surface area (Å²) >= 11 is 4.35. The molecule has 0 N–H and O–H groups in total. The van der Waals surface area contributed by atoms with E-state index in [0.717, 1.165) is 47.9 Å². The van der Waals surface area contributed by atoms with E-state index in [1.807, 2.05) is 30.0 Å². The molecule has 0 saturated carbocycles. The average Bonchev–Trinajstić information content (AvgIpc) is 2.67. The van der Waals surface area contributed by atoms with Crippen molar-refractivity contribution in [2.45, 2.75) is 50.8 Å². The molecular weight excluding hydrogens is 266 g/mol. The van der Waals surface area contributed by atoms with E-state index < -0.39 is 0 Å². The van der Waals surface area contributed by atoms with Crippen LogP contribution in [0.3, 0.4) is 0 Å². The fourth-order valence-electron chi connectivity index (χ4n) is 3.08. The molecule has 20 heavy (non-hydrogen) atoms. The zero-order valence-electron chi connectivity index (χ0n) is 12.6. The van der Waals surface area contributed by atoms with Gasteiger partial charge in [-0.25, -0.2) is 0 Å². The van der Waals surface area contributed by atoms with Crippen LogP contribution in [-0.4, -0.2) is 23.9 Å². The molecule has 2 nitrogen and oxygen atoms in total. The molecule has 1 aromatic rings. The van der Waals surface area contributed by atoms with Crippen LogP contribution < -0.4 is 0 Å². The van der Waals surface area contributed by atoms with Gasteiger partial charge >= 0.3 is 0 Å². The second-order valence-corrected chi connectivity index (χ2v) is 6.39. The third-order valence-corrected chi connectivity index (χ3v) is 4.56. The smallest absolute Gasteiger partial charge is 0.254 e. The van der Waals surface area contributed by atoms with Crippen molar-refractivity contribution in [3.05, 3.63) is 29.3 Å². The second kappa shape index (κ2) is 7.16. The first-order valence-electron chi connectivity index (χ1n) is 7.70. The van der Waals surface area contributed by atoms with E-state index in [1.54, 1.807) is 0 Å². The van der Waals surface area contributed by atoms with Crippen molar-refractivity contribution in [3.63, 3.8) is 0 Å². The molecule has 110 valence electrons. The SMILES string of the molecule is CCCC1CCCN(C(=O)c2cc(S)ccc2C)CC1. The van der Waals surface area contributed by atoms with Crippen molar-refractivity contribution in [2.24, 2.45) is 5.92 Å². The van der Waals surface area contributed by atoms with E-state index in [4.69, 9.17) is 0 Å². The molecule has 3 heteroatoms. The Morgan fingerprint density at radius 2 is 2.15 bits per heavy atom. The summed E-state index contributed by atoms with van der Waals surface area (Å²) in [4.78, 5) is 15.6. The number of aryl methyl sites for hydroxylation is 1. The summed E-state index contributed by atoms with van der Waals surface area (Å²) in [6, 6.07) is 5.82. The van der Waals surface area contributed by atoms with Crippen LogP contribution in [0.5, 0.6) is 0 Å². The molecule has 2 rings (SSSR count). The van der Waals surface area contributed by atoms with Crippen LogP contribution in [-0.2, 0) is 0 Å². The molecule has 1 aromatic carbocycles. The van der Waals surface area contributed by atoms with Crippen LogP contribution in [0.1, 0.15) is 54.9 Å². The molecule has 0 aliphatic carbocycles. The third-order valence-electron chi connectivity index (χ3n) is 4.28. The first-order chi connectivity index (χ1) is 9.61. The first kappa shape index (κ1) is 15.4. The van der Waals surface area contributed by atoms with Gasteiger partial charge in [0.05, 0.1) is 0 Å². The number of benzene rings is 1. The standard InChI is InChI=1S/C17H25NOS/c1-3-5-14-6-4-10-18(11-9-14)17(19)16-12-15(20)8-7-13(16)2/h7-8,12,14,20H,3-6,9-11H2,1-2H3. The van der Waals surface area contributed by atoms with Crippen molar-refractivity contribution >= 4 is 18.5 Å². The number of hydrogen-bond acceptors (Lipinski definition) is 2. The molecule has 1 fully saturated rings. The molecule has 1 heterocycles.